The Morgan fingerprint density at radius 3 is 2.37 bits per heavy atom. The van der Waals surface area contributed by atoms with Crippen LogP contribution >= 0.6 is 11.8 Å². The van der Waals surface area contributed by atoms with Gasteiger partial charge >= 0.3 is 0 Å². The van der Waals surface area contributed by atoms with Crippen molar-refractivity contribution in [3.05, 3.63) is 107 Å². The van der Waals surface area contributed by atoms with Crippen LogP contribution in [0.25, 0.3) is 5.69 Å². The van der Waals surface area contributed by atoms with Crippen molar-refractivity contribution in [1.82, 2.24) is 20.1 Å². The number of carbonyl (C=O) groups excluding carboxylic acids is 1. The Kier molecular flexibility index (Phi) is 8.32. The second-order valence-corrected chi connectivity index (χ2v) is 9.43. The molecule has 4 rings (SSSR count). The fraction of sp³-hybridized carbons (Fsp3) is 0.250. The van der Waals surface area contributed by atoms with E-state index in [9.17, 15) is 9.18 Å². The SMILES string of the molecule is CCCC(=O)NC(Cc1ccccc1)c1nnc(SCc2ccc(F)cc2)n1-c1ccc(C)cc1. The van der Waals surface area contributed by atoms with Crippen LogP contribution in [0.3, 0.4) is 0 Å². The molecular formula is C28H29FN4OS. The summed E-state index contributed by atoms with van der Waals surface area (Å²) >= 11 is 1.53. The van der Waals surface area contributed by atoms with Gasteiger partial charge in [-0.3, -0.25) is 9.36 Å². The van der Waals surface area contributed by atoms with E-state index in [1.54, 1.807) is 12.1 Å². The zero-order valence-corrected chi connectivity index (χ0v) is 20.8. The van der Waals surface area contributed by atoms with Crippen molar-refractivity contribution in [2.45, 2.75) is 50.1 Å². The summed E-state index contributed by atoms with van der Waals surface area (Å²) in [4.78, 5) is 12.7. The van der Waals surface area contributed by atoms with Crippen LogP contribution in [0.15, 0.2) is 84.0 Å². The molecule has 1 atom stereocenters. The first kappa shape index (κ1) is 24.7. The number of aromatic nitrogens is 3. The zero-order chi connectivity index (χ0) is 24.6. The number of benzene rings is 3. The molecule has 3 aromatic carbocycles. The first-order valence-electron chi connectivity index (χ1n) is 11.8. The Labute approximate surface area is 209 Å². The lowest BCUT2D eigenvalue weighted by Gasteiger charge is -2.20. The summed E-state index contributed by atoms with van der Waals surface area (Å²) in [5.41, 5.74) is 4.18. The van der Waals surface area contributed by atoms with Crippen LogP contribution in [0.5, 0.6) is 0 Å². The molecule has 1 N–H and O–H groups in total. The Bertz CT molecular complexity index is 1240. The van der Waals surface area contributed by atoms with Gasteiger partial charge < -0.3 is 5.32 Å². The van der Waals surface area contributed by atoms with E-state index in [0.717, 1.165) is 34.0 Å². The minimum absolute atomic E-state index is 0.00703. The zero-order valence-electron chi connectivity index (χ0n) is 19.9. The average Bonchev–Trinajstić information content (AvgIpc) is 3.28. The molecule has 7 heteroatoms. The van der Waals surface area contributed by atoms with Gasteiger partial charge in [-0.2, -0.15) is 0 Å². The molecule has 5 nitrogen and oxygen atoms in total. The minimum atomic E-state index is -0.342. The molecule has 0 aliphatic rings. The smallest absolute Gasteiger partial charge is 0.220 e. The number of nitrogens with one attached hydrogen (secondary N) is 1. The van der Waals surface area contributed by atoms with E-state index >= 15 is 0 Å². The fourth-order valence-corrected chi connectivity index (χ4v) is 4.73. The Morgan fingerprint density at radius 1 is 0.971 bits per heavy atom. The summed E-state index contributed by atoms with van der Waals surface area (Å²) in [7, 11) is 0. The molecule has 0 saturated carbocycles. The standard InChI is InChI=1S/C28H29FN4OS/c1-3-7-26(34)30-25(18-21-8-5-4-6-9-21)27-31-32-28(33(27)24-16-10-20(2)11-17-24)35-19-22-12-14-23(29)15-13-22/h4-6,8-17,25H,3,7,18-19H2,1-2H3,(H,30,34). The number of carbonyl (C=O) groups is 1. The minimum Gasteiger partial charge on any atom is -0.346 e. The molecule has 0 fully saturated rings. The van der Waals surface area contributed by atoms with Crippen molar-refractivity contribution >= 4 is 17.7 Å². The van der Waals surface area contributed by atoms with E-state index < -0.39 is 0 Å². The Balaban J connectivity index is 1.71. The highest BCUT2D eigenvalue weighted by Gasteiger charge is 2.24. The highest BCUT2D eigenvalue weighted by atomic mass is 32.2. The molecule has 0 saturated heterocycles. The number of halogens is 1. The summed E-state index contributed by atoms with van der Waals surface area (Å²) in [6.07, 6.45) is 1.83. The van der Waals surface area contributed by atoms with Gasteiger partial charge in [0.15, 0.2) is 11.0 Å². The van der Waals surface area contributed by atoms with Gasteiger partial charge in [0, 0.05) is 17.9 Å². The van der Waals surface area contributed by atoms with Crippen molar-refractivity contribution in [3.63, 3.8) is 0 Å². The maximum Gasteiger partial charge on any atom is 0.220 e. The van der Waals surface area contributed by atoms with Gasteiger partial charge in [0.25, 0.3) is 0 Å². The van der Waals surface area contributed by atoms with Gasteiger partial charge in [0.1, 0.15) is 5.82 Å². The topological polar surface area (TPSA) is 59.8 Å². The van der Waals surface area contributed by atoms with E-state index in [1.807, 2.05) is 48.7 Å². The number of amides is 1. The first-order chi connectivity index (χ1) is 17.0. The lowest BCUT2D eigenvalue weighted by Crippen LogP contribution is -2.31. The molecule has 4 aromatic rings. The van der Waals surface area contributed by atoms with Gasteiger partial charge in [-0.15, -0.1) is 10.2 Å². The van der Waals surface area contributed by atoms with E-state index in [1.165, 1.54) is 23.9 Å². The molecule has 35 heavy (non-hydrogen) atoms. The number of thioether (sulfide) groups is 1. The number of aryl methyl sites for hydroxylation is 1. The number of nitrogens with zero attached hydrogens (tertiary/aromatic N) is 3. The van der Waals surface area contributed by atoms with E-state index in [-0.39, 0.29) is 17.8 Å². The molecule has 1 amide bonds. The summed E-state index contributed by atoms with van der Waals surface area (Å²) < 4.78 is 15.4. The van der Waals surface area contributed by atoms with Crippen molar-refractivity contribution < 1.29 is 9.18 Å². The van der Waals surface area contributed by atoms with Crippen molar-refractivity contribution in [2.75, 3.05) is 0 Å². The van der Waals surface area contributed by atoms with Crippen LogP contribution in [-0.4, -0.2) is 20.7 Å². The predicted octanol–water partition coefficient (Wildman–Crippen LogP) is 6.21. The third-order valence-corrected chi connectivity index (χ3v) is 6.64. The van der Waals surface area contributed by atoms with E-state index in [0.29, 0.717) is 24.4 Å². The average molecular weight is 489 g/mol. The maximum absolute atomic E-state index is 13.3. The molecule has 0 bridgehead atoms. The lowest BCUT2D eigenvalue weighted by molar-refractivity contribution is -0.121. The van der Waals surface area contributed by atoms with Gasteiger partial charge in [-0.25, -0.2) is 4.39 Å². The Hall–Kier alpha value is -3.45. The molecule has 0 aliphatic carbocycles. The third-order valence-electron chi connectivity index (χ3n) is 5.64. The van der Waals surface area contributed by atoms with Crippen LogP contribution in [0, 0.1) is 12.7 Å². The summed E-state index contributed by atoms with van der Waals surface area (Å²) in [6.45, 7) is 4.04. The molecule has 1 heterocycles. The van der Waals surface area contributed by atoms with Crippen molar-refractivity contribution in [2.24, 2.45) is 0 Å². The van der Waals surface area contributed by atoms with Gasteiger partial charge in [-0.05, 0) is 55.2 Å². The maximum atomic E-state index is 13.3. The molecular weight excluding hydrogens is 459 g/mol. The largest absolute Gasteiger partial charge is 0.346 e. The highest BCUT2D eigenvalue weighted by Crippen LogP contribution is 2.29. The van der Waals surface area contributed by atoms with Gasteiger partial charge in [0.05, 0.1) is 6.04 Å². The fourth-order valence-electron chi connectivity index (χ4n) is 3.82. The third kappa shape index (κ3) is 6.57. The number of hydrogen-bond acceptors (Lipinski definition) is 4. The molecule has 0 radical (unpaired) electrons. The number of hydrogen-bond donors (Lipinski definition) is 1. The quantitative estimate of drug-likeness (QED) is 0.270. The van der Waals surface area contributed by atoms with Crippen molar-refractivity contribution in [3.8, 4) is 5.69 Å². The van der Waals surface area contributed by atoms with Crippen LogP contribution in [0.4, 0.5) is 4.39 Å². The molecule has 0 aliphatic heterocycles. The van der Waals surface area contributed by atoms with Crippen LogP contribution in [0.2, 0.25) is 0 Å². The van der Waals surface area contributed by atoms with E-state index in [4.69, 9.17) is 0 Å². The van der Waals surface area contributed by atoms with Crippen LogP contribution in [-0.2, 0) is 17.0 Å². The molecule has 0 spiro atoms. The normalized spacial score (nSPS) is 11.9. The molecule has 180 valence electrons. The van der Waals surface area contributed by atoms with Gasteiger partial charge in [0.2, 0.25) is 5.91 Å². The first-order valence-corrected chi connectivity index (χ1v) is 12.7. The Morgan fingerprint density at radius 2 is 1.69 bits per heavy atom. The second-order valence-electron chi connectivity index (χ2n) is 8.49. The predicted molar refractivity (Wildman–Crippen MR) is 138 cm³/mol. The number of rotatable bonds is 10. The summed E-state index contributed by atoms with van der Waals surface area (Å²) in [6, 6.07) is 24.4. The van der Waals surface area contributed by atoms with Gasteiger partial charge in [-0.1, -0.05) is 78.8 Å². The monoisotopic (exact) mass is 488 g/mol. The lowest BCUT2D eigenvalue weighted by atomic mass is 10.0. The second kappa shape index (κ2) is 11.8. The summed E-state index contributed by atoms with van der Waals surface area (Å²) in [5, 5.41) is 13.0. The van der Waals surface area contributed by atoms with Crippen molar-refractivity contribution in [1.29, 1.82) is 0 Å². The van der Waals surface area contributed by atoms with Crippen LogP contribution in [0.1, 0.15) is 48.3 Å². The van der Waals surface area contributed by atoms with E-state index in [2.05, 4.69) is 39.8 Å². The molecule has 1 unspecified atom stereocenters. The molecule has 1 aromatic heterocycles. The highest BCUT2D eigenvalue weighted by molar-refractivity contribution is 7.98. The summed E-state index contributed by atoms with van der Waals surface area (Å²) in [5.74, 6) is 1.04. The van der Waals surface area contributed by atoms with Crippen LogP contribution < -0.4 is 5.32 Å².